The molecular weight excluding hydrogens is 314 g/mol. The number of benzene rings is 1. The molecule has 1 aromatic rings. The van der Waals surface area contributed by atoms with Crippen molar-refractivity contribution in [3.8, 4) is 0 Å². The van der Waals surface area contributed by atoms with Gasteiger partial charge in [-0.05, 0) is 62.1 Å². The van der Waals surface area contributed by atoms with E-state index in [-0.39, 0.29) is 29.7 Å². The third-order valence-electron chi connectivity index (χ3n) is 5.56. The van der Waals surface area contributed by atoms with Gasteiger partial charge in [0.15, 0.2) is 0 Å². The predicted octanol–water partition coefficient (Wildman–Crippen LogP) is 3.19. The Morgan fingerprint density at radius 1 is 1.21 bits per heavy atom. The van der Waals surface area contributed by atoms with E-state index in [4.69, 9.17) is 0 Å². The summed E-state index contributed by atoms with van der Waals surface area (Å²) < 4.78 is 26.7. The third-order valence-corrected chi connectivity index (χ3v) is 5.56. The lowest BCUT2D eigenvalue weighted by molar-refractivity contribution is 0.0250. The zero-order valence-corrected chi connectivity index (χ0v) is 13.7. The second kappa shape index (κ2) is 7.05. The number of piperidine rings is 1. The van der Waals surface area contributed by atoms with Crippen molar-refractivity contribution in [3.05, 3.63) is 35.4 Å². The molecule has 6 heteroatoms. The Morgan fingerprint density at radius 3 is 2.54 bits per heavy atom. The topological polar surface area (TPSA) is 52.6 Å². The summed E-state index contributed by atoms with van der Waals surface area (Å²) >= 11 is 0. The summed E-state index contributed by atoms with van der Waals surface area (Å²) in [5, 5.41) is 12.3. The average Bonchev–Trinajstić information content (AvgIpc) is 2.59. The minimum atomic E-state index is -0.518. The summed E-state index contributed by atoms with van der Waals surface area (Å²) in [5.74, 6) is -1.03. The normalized spacial score (nSPS) is 21.0. The number of rotatable bonds is 2. The summed E-state index contributed by atoms with van der Waals surface area (Å²) in [5.41, 5.74) is 0.420. The van der Waals surface area contributed by atoms with Crippen LogP contribution in [0.25, 0.3) is 0 Å². The number of carbonyl (C=O) groups excluding carboxylic acids is 1. The number of nitrogens with zero attached hydrogens (tertiary/aromatic N) is 1. The summed E-state index contributed by atoms with van der Waals surface area (Å²) in [4.78, 5) is 14.0. The molecule has 1 saturated heterocycles. The molecule has 1 saturated carbocycles. The fourth-order valence-corrected chi connectivity index (χ4v) is 3.86. The van der Waals surface area contributed by atoms with Crippen LogP contribution in [0.15, 0.2) is 18.2 Å². The van der Waals surface area contributed by atoms with Gasteiger partial charge in [-0.2, -0.15) is 0 Å². The Hall–Kier alpha value is -1.69. The van der Waals surface area contributed by atoms with Gasteiger partial charge in [-0.25, -0.2) is 13.6 Å². The van der Waals surface area contributed by atoms with Gasteiger partial charge >= 0.3 is 6.03 Å². The van der Waals surface area contributed by atoms with E-state index in [1.807, 2.05) is 0 Å². The molecule has 132 valence electrons. The van der Waals surface area contributed by atoms with Crippen molar-refractivity contribution < 1.29 is 18.7 Å². The van der Waals surface area contributed by atoms with Crippen LogP contribution in [0.3, 0.4) is 0 Å². The van der Waals surface area contributed by atoms with Crippen molar-refractivity contribution in [1.82, 2.24) is 10.2 Å². The first-order valence-corrected chi connectivity index (χ1v) is 8.62. The van der Waals surface area contributed by atoms with E-state index in [9.17, 15) is 18.7 Å². The SMILES string of the molecule is O=C(NCc1cc(F)ccc1F)N1CCC2(CCC(O)CC2)CC1. The van der Waals surface area contributed by atoms with Crippen molar-refractivity contribution in [2.75, 3.05) is 13.1 Å². The van der Waals surface area contributed by atoms with E-state index in [0.717, 1.165) is 56.7 Å². The highest BCUT2D eigenvalue weighted by Gasteiger charge is 2.38. The zero-order chi connectivity index (χ0) is 17.2. The Bertz CT molecular complexity index is 591. The highest BCUT2D eigenvalue weighted by atomic mass is 19.1. The molecule has 1 aliphatic carbocycles. The second-order valence-electron chi connectivity index (χ2n) is 7.11. The van der Waals surface area contributed by atoms with Crippen molar-refractivity contribution >= 4 is 6.03 Å². The van der Waals surface area contributed by atoms with E-state index in [0.29, 0.717) is 13.1 Å². The number of likely N-dealkylation sites (tertiary alicyclic amines) is 1. The molecule has 24 heavy (non-hydrogen) atoms. The maximum Gasteiger partial charge on any atom is 0.317 e. The van der Waals surface area contributed by atoms with Gasteiger partial charge in [0, 0.05) is 25.2 Å². The summed E-state index contributed by atoms with van der Waals surface area (Å²) in [7, 11) is 0. The van der Waals surface area contributed by atoms with Crippen LogP contribution in [-0.4, -0.2) is 35.2 Å². The number of halogens is 2. The molecule has 2 aliphatic rings. The number of hydrogen-bond donors (Lipinski definition) is 2. The summed E-state index contributed by atoms with van der Waals surface area (Å²) in [6, 6.07) is 3.00. The smallest absolute Gasteiger partial charge is 0.317 e. The first kappa shape index (κ1) is 17.1. The maximum atomic E-state index is 13.6. The molecule has 4 nitrogen and oxygen atoms in total. The number of amides is 2. The molecule has 0 atom stereocenters. The molecule has 0 unspecified atom stereocenters. The fourth-order valence-electron chi connectivity index (χ4n) is 3.86. The molecule has 2 N–H and O–H groups in total. The number of urea groups is 1. The van der Waals surface area contributed by atoms with Gasteiger partial charge in [0.2, 0.25) is 0 Å². The van der Waals surface area contributed by atoms with E-state index >= 15 is 0 Å². The second-order valence-corrected chi connectivity index (χ2v) is 7.11. The molecule has 0 bridgehead atoms. The number of nitrogens with one attached hydrogen (secondary N) is 1. The number of aliphatic hydroxyl groups excluding tert-OH is 1. The van der Waals surface area contributed by atoms with Crippen LogP contribution in [-0.2, 0) is 6.54 Å². The summed E-state index contributed by atoms with van der Waals surface area (Å²) in [6.07, 6.45) is 5.48. The number of carbonyl (C=O) groups is 1. The molecule has 0 radical (unpaired) electrons. The molecule has 1 aromatic carbocycles. The molecule has 3 rings (SSSR count). The van der Waals surface area contributed by atoms with Crippen molar-refractivity contribution in [3.63, 3.8) is 0 Å². The zero-order valence-electron chi connectivity index (χ0n) is 13.7. The van der Waals surface area contributed by atoms with Crippen LogP contribution in [0.1, 0.15) is 44.1 Å². The highest BCUT2D eigenvalue weighted by molar-refractivity contribution is 5.74. The molecule has 0 aromatic heterocycles. The van der Waals surface area contributed by atoms with E-state index < -0.39 is 11.6 Å². The van der Waals surface area contributed by atoms with Crippen LogP contribution >= 0.6 is 0 Å². The monoisotopic (exact) mass is 338 g/mol. The summed E-state index contributed by atoms with van der Waals surface area (Å²) in [6.45, 7) is 1.33. The lowest BCUT2D eigenvalue weighted by Gasteiger charge is -2.45. The lowest BCUT2D eigenvalue weighted by Crippen LogP contribution is -2.48. The van der Waals surface area contributed by atoms with Crippen LogP contribution in [0.4, 0.5) is 13.6 Å². The molecule has 2 amide bonds. The Labute approximate surface area is 140 Å². The van der Waals surface area contributed by atoms with E-state index in [1.54, 1.807) is 4.90 Å². The van der Waals surface area contributed by atoms with Gasteiger partial charge in [0.1, 0.15) is 11.6 Å². The minimum Gasteiger partial charge on any atom is -0.393 e. The van der Waals surface area contributed by atoms with Crippen LogP contribution < -0.4 is 5.32 Å². The standard InChI is InChI=1S/C18H24F2N2O2/c19-14-1-2-16(20)13(11-14)12-21-17(24)22-9-7-18(8-10-22)5-3-15(23)4-6-18/h1-2,11,15,23H,3-10,12H2,(H,21,24). The highest BCUT2D eigenvalue weighted by Crippen LogP contribution is 2.44. The van der Waals surface area contributed by atoms with Crippen LogP contribution in [0.5, 0.6) is 0 Å². The van der Waals surface area contributed by atoms with Gasteiger partial charge in [-0.3, -0.25) is 0 Å². The molecule has 2 fully saturated rings. The number of hydrogen-bond acceptors (Lipinski definition) is 2. The predicted molar refractivity (Wildman–Crippen MR) is 86.3 cm³/mol. The van der Waals surface area contributed by atoms with Crippen LogP contribution in [0, 0.1) is 17.0 Å². The lowest BCUT2D eigenvalue weighted by atomic mass is 9.67. The Balaban J connectivity index is 1.49. The Kier molecular flexibility index (Phi) is 5.04. The van der Waals surface area contributed by atoms with Crippen molar-refractivity contribution in [2.45, 2.75) is 51.2 Å². The minimum absolute atomic E-state index is 0.0176. The maximum absolute atomic E-state index is 13.6. The fraction of sp³-hybridized carbons (Fsp3) is 0.611. The Morgan fingerprint density at radius 2 is 1.88 bits per heavy atom. The van der Waals surface area contributed by atoms with Gasteiger partial charge in [-0.15, -0.1) is 0 Å². The third kappa shape index (κ3) is 3.86. The van der Waals surface area contributed by atoms with Gasteiger partial charge in [0.05, 0.1) is 6.10 Å². The van der Waals surface area contributed by atoms with Gasteiger partial charge in [-0.1, -0.05) is 0 Å². The van der Waals surface area contributed by atoms with Crippen LogP contribution in [0.2, 0.25) is 0 Å². The molecule has 1 aliphatic heterocycles. The van der Waals surface area contributed by atoms with Crippen molar-refractivity contribution in [1.29, 1.82) is 0 Å². The molecule has 1 heterocycles. The number of aliphatic hydroxyl groups is 1. The van der Waals surface area contributed by atoms with Gasteiger partial charge in [0.25, 0.3) is 0 Å². The first-order chi connectivity index (χ1) is 11.5. The first-order valence-electron chi connectivity index (χ1n) is 8.62. The molecule has 1 spiro atoms. The van der Waals surface area contributed by atoms with Gasteiger partial charge < -0.3 is 15.3 Å². The average molecular weight is 338 g/mol. The quantitative estimate of drug-likeness (QED) is 0.870. The largest absolute Gasteiger partial charge is 0.393 e. The van der Waals surface area contributed by atoms with E-state index in [2.05, 4.69) is 5.32 Å². The van der Waals surface area contributed by atoms with E-state index in [1.165, 1.54) is 0 Å². The molecular formula is C18H24F2N2O2. The van der Waals surface area contributed by atoms with Crippen molar-refractivity contribution in [2.24, 2.45) is 5.41 Å².